The molecular weight excluding hydrogens is 364 g/mol. The Hall–Kier alpha value is -3.41. The summed E-state index contributed by atoms with van der Waals surface area (Å²) in [5.41, 5.74) is 14.5. The van der Waals surface area contributed by atoms with E-state index < -0.39 is 5.91 Å². The van der Waals surface area contributed by atoms with Crippen molar-refractivity contribution < 1.29 is 9.53 Å². The first-order valence-corrected chi connectivity index (χ1v) is 9.71. The van der Waals surface area contributed by atoms with Gasteiger partial charge in [0.2, 0.25) is 0 Å². The van der Waals surface area contributed by atoms with Crippen molar-refractivity contribution in [3.8, 4) is 17.0 Å². The lowest BCUT2D eigenvalue weighted by Gasteiger charge is -2.17. The summed E-state index contributed by atoms with van der Waals surface area (Å²) in [5.74, 6) is -0.148. The molecule has 3 rings (SSSR count). The molecule has 150 valence electrons. The summed E-state index contributed by atoms with van der Waals surface area (Å²) < 4.78 is 6.15. The Balaban J connectivity index is 2.26. The summed E-state index contributed by atoms with van der Waals surface area (Å²) in [6, 6.07) is 15.2. The van der Waals surface area contributed by atoms with Gasteiger partial charge in [0.25, 0.3) is 5.91 Å². The highest BCUT2D eigenvalue weighted by Gasteiger charge is 2.18. The number of benzene rings is 2. The second-order valence-corrected chi connectivity index (χ2v) is 7.08. The molecule has 1 heterocycles. The molecular formula is C23H26N4O2. The lowest BCUT2D eigenvalue weighted by molar-refractivity contribution is 0.100. The average Bonchev–Trinajstić information content (AvgIpc) is 2.67. The fourth-order valence-electron chi connectivity index (χ4n) is 3.35. The molecule has 0 aliphatic carbocycles. The SMILES string of the molecule is CCCC(C)Oc1cccc2c(C(=O)N=C(N)N)cc(-c3ccccc3C)nc12. The number of guanidine groups is 1. The van der Waals surface area contributed by atoms with Gasteiger partial charge in [0.05, 0.1) is 17.4 Å². The molecule has 6 nitrogen and oxygen atoms in total. The van der Waals surface area contributed by atoms with Crippen molar-refractivity contribution in [1.29, 1.82) is 0 Å². The number of carbonyl (C=O) groups is 1. The molecule has 0 bridgehead atoms. The van der Waals surface area contributed by atoms with Crippen molar-refractivity contribution in [3.63, 3.8) is 0 Å². The van der Waals surface area contributed by atoms with Crippen LogP contribution in [-0.4, -0.2) is 23.0 Å². The fourth-order valence-corrected chi connectivity index (χ4v) is 3.35. The highest BCUT2D eigenvalue weighted by atomic mass is 16.5. The molecule has 0 fully saturated rings. The molecule has 29 heavy (non-hydrogen) atoms. The standard InChI is InChI=1S/C23H26N4O2/c1-4-8-15(3)29-20-12-7-11-17-18(22(28)27-23(24)25)13-19(26-21(17)20)16-10-6-5-9-14(16)2/h5-7,9-13,15H,4,8H2,1-3H3,(H4,24,25,27,28). The highest BCUT2D eigenvalue weighted by molar-refractivity contribution is 6.11. The number of ether oxygens (including phenoxy) is 1. The normalized spacial score (nSPS) is 11.8. The lowest BCUT2D eigenvalue weighted by atomic mass is 10.0. The van der Waals surface area contributed by atoms with E-state index in [1.807, 2.05) is 56.3 Å². The van der Waals surface area contributed by atoms with Crippen molar-refractivity contribution in [1.82, 2.24) is 4.98 Å². The summed E-state index contributed by atoms with van der Waals surface area (Å²) in [6.45, 7) is 6.15. The first-order valence-electron chi connectivity index (χ1n) is 9.71. The first kappa shape index (κ1) is 20.3. The summed E-state index contributed by atoms with van der Waals surface area (Å²) in [6.07, 6.45) is 1.97. The number of carbonyl (C=O) groups excluding carboxylic acids is 1. The fraction of sp³-hybridized carbons (Fsp3) is 0.261. The van der Waals surface area contributed by atoms with Crippen molar-refractivity contribution >= 4 is 22.8 Å². The summed E-state index contributed by atoms with van der Waals surface area (Å²) in [7, 11) is 0. The number of amides is 1. The number of pyridine rings is 1. The minimum absolute atomic E-state index is 0.0337. The molecule has 2 aromatic carbocycles. The second kappa shape index (κ2) is 8.73. The van der Waals surface area contributed by atoms with Crippen molar-refractivity contribution in [2.24, 2.45) is 16.5 Å². The van der Waals surface area contributed by atoms with E-state index in [0.29, 0.717) is 27.9 Å². The molecule has 0 saturated heterocycles. The minimum atomic E-state index is -0.508. The zero-order valence-electron chi connectivity index (χ0n) is 17.0. The predicted octanol–water partition coefficient (Wildman–Crippen LogP) is 4.19. The van der Waals surface area contributed by atoms with Gasteiger partial charge >= 0.3 is 0 Å². The summed E-state index contributed by atoms with van der Waals surface area (Å²) in [4.78, 5) is 21.4. The van der Waals surface area contributed by atoms with Gasteiger partial charge in [-0.1, -0.05) is 49.7 Å². The maximum absolute atomic E-state index is 12.8. The molecule has 1 aromatic heterocycles. The van der Waals surface area contributed by atoms with Gasteiger partial charge in [0.1, 0.15) is 11.3 Å². The molecule has 1 amide bonds. The molecule has 0 aliphatic heterocycles. The van der Waals surface area contributed by atoms with Gasteiger partial charge in [-0.2, -0.15) is 4.99 Å². The molecule has 0 radical (unpaired) electrons. The van der Waals surface area contributed by atoms with Gasteiger partial charge in [-0.05, 0) is 38.0 Å². The number of hydrogen-bond donors (Lipinski definition) is 2. The van der Waals surface area contributed by atoms with Crippen LogP contribution in [-0.2, 0) is 0 Å². The third-order valence-electron chi connectivity index (χ3n) is 4.71. The predicted molar refractivity (Wildman–Crippen MR) is 117 cm³/mol. The number of aliphatic imine (C=N–C) groups is 1. The number of nitrogens with two attached hydrogens (primary N) is 2. The Labute approximate surface area is 170 Å². The Bertz CT molecular complexity index is 1070. The van der Waals surface area contributed by atoms with E-state index in [1.165, 1.54) is 0 Å². The second-order valence-electron chi connectivity index (χ2n) is 7.08. The largest absolute Gasteiger partial charge is 0.488 e. The van der Waals surface area contributed by atoms with Gasteiger partial charge in [-0.25, -0.2) is 4.98 Å². The smallest absolute Gasteiger partial charge is 0.280 e. The molecule has 4 N–H and O–H groups in total. The third kappa shape index (κ3) is 4.54. The van der Waals surface area contributed by atoms with Crippen molar-refractivity contribution in [2.75, 3.05) is 0 Å². The summed E-state index contributed by atoms with van der Waals surface area (Å²) in [5, 5.41) is 0.651. The van der Waals surface area contributed by atoms with E-state index in [2.05, 4.69) is 11.9 Å². The molecule has 0 aliphatic rings. The Morgan fingerprint density at radius 2 is 1.93 bits per heavy atom. The van der Waals surface area contributed by atoms with Gasteiger partial charge < -0.3 is 16.2 Å². The number of para-hydroxylation sites is 1. The number of fused-ring (bicyclic) bond motifs is 1. The van der Waals surface area contributed by atoms with Crippen LogP contribution < -0.4 is 16.2 Å². The third-order valence-corrected chi connectivity index (χ3v) is 4.71. The molecule has 0 saturated carbocycles. The Morgan fingerprint density at radius 1 is 1.17 bits per heavy atom. The Morgan fingerprint density at radius 3 is 2.62 bits per heavy atom. The minimum Gasteiger partial charge on any atom is -0.488 e. The zero-order chi connectivity index (χ0) is 21.0. The molecule has 1 unspecified atom stereocenters. The Kier molecular flexibility index (Phi) is 6.12. The van der Waals surface area contributed by atoms with E-state index in [9.17, 15) is 4.79 Å². The van der Waals surface area contributed by atoms with Gasteiger partial charge in [-0.3, -0.25) is 4.79 Å². The number of hydrogen-bond acceptors (Lipinski definition) is 3. The average molecular weight is 390 g/mol. The van der Waals surface area contributed by atoms with Crippen molar-refractivity contribution in [2.45, 2.75) is 39.7 Å². The monoisotopic (exact) mass is 390 g/mol. The lowest BCUT2D eigenvalue weighted by Crippen LogP contribution is -2.24. The van der Waals surface area contributed by atoms with Gasteiger partial charge in [-0.15, -0.1) is 0 Å². The molecule has 1 atom stereocenters. The maximum atomic E-state index is 12.8. The van der Waals surface area contributed by atoms with E-state index in [1.54, 1.807) is 6.07 Å². The van der Waals surface area contributed by atoms with Gasteiger partial charge in [0, 0.05) is 10.9 Å². The van der Waals surface area contributed by atoms with Crippen LogP contribution in [0, 0.1) is 6.92 Å². The van der Waals surface area contributed by atoms with Crippen LogP contribution in [0.15, 0.2) is 53.5 Å². The van der Waals surface area contributed by atoms with Crippen LogP contribution in [0.4, 0.5) is 0 Å². The maximum Gasteiger partial charge on any atom is 0.280 e. The number of nitrogens with zero attached hydrogens (tertiary/aromatic N) is 2. The van der Waals surface area contributed by atoms with Crippen LogP contribution in [0.1, 0.15) is 42.6 Å². The first-order chi connectivity index (χ1) is 13.9. The quantitative estimate of drug-likeness (QED) is 0.485. The van der Waals surface area contributed by atoms with Crippen molar-refractivity contribution in [3.05, 3.63) is 59.7 Å². The van der Waals surface area contributed by atoms with E-state index in [4.69, 9.17) is 21.2 Å². The van der Waals surface area contributed by atoms with Crippen LogP contribution >= 0.6 is 0 Å². The van der Waals surface area contributed by atoms with Crippen LogP contribution in [0.2, 0.25) is 0 Å². The number of rotatable bonds is 6. The van der Waals surface area contributed by atoms with Crippen LogP contribution in [0.5, 0.6) is 5.75 Å². The van der Waals surface area contributed by atoms with E-state index >= 15 is 0 Å². The molecule has 0 spiro atoms. The van der Waals surface area contributed by atoms with E-state index in [0.717, 1.165) is 24.0 Å². The highest BCUT2D eigenvalue weighted by Crippen LogP contribution is 2.32. The number of aromatic nitrogens is 1. The summed E-state index contributed by atoms with van der Waals surface area (Å²) >= 11 is 0. The van der Waals surface area contributed by atoms with Crippen LogP contribution in [0.3, 0.4) is 0 Å². The topological polar surface area (TPSA) is 104 Å². The van der Waals surface area contributed by atoms with Crippen LogP contribution in [0.25, 0.3) is 22.2 Å². The van der Waals surface area contributed by atoms with Gasteiger partial charge in [0.15, 0.2) is 5.96 Å². The van der Waals surface area contributed by atoms with E-state index in [-0.39, 0.29) is 12.1 Å². The zero-order valence-corrected chi connectivity index (χ0v) is 17.0. The molecule has 6 heteroatoms. The number of aryl methyl sites for hydroxylation is 1. The molecule has 3 aromatic rings.